The van der Waals surface area contributed by atoms with E-state index in [2.05, 4.69) is 0 Å². The van der Waals surface area contributed by atoms with Crippen molar-refractivity contribution in [1.82, 2.24) is 0 Å². The van der Waals surface area contributed by atoms with Crippen LogP contribution in [0.25, 0.3) is 0 Å². The summed E-state index contributed by atoms with van der Waals surface area (Å²) in [5.41, 5.74) is 5.86. The molecule has 3 heteroatoms. The third-order valence-corrected chi connectivity index (χ3v) is 3.26. The van der Waals surface area contributed by atoms with E-state index in [1.807, 2.05) is 31.2 Å². The van der Waals surface area contributed by atoms with Gasteiger partial charge in [0.25, 0.3) is 0 Å². The van der Waals surface area contributed by atoms with Gasteiger partial charge in [0.2, 0.25) is 0 Å². The van der Waals surface area contributed by atoms with Crippen LogP contribution in [0.1, 0.15) is 18.4 Å². The van der Waals surface area contributed by atoms with Crippen molar-refractivity contribution in [2.24, 2.45) is 11.7 Å². The number of benzene rings is 1. The van der Waals surface area contributed by atoms with Crippen molar-refractivity contribution in [3.05, 3.63) is 29.8 Å². The molecular weight excluding hydrogens is 202 g/mol. The largest absolute Gasteiger partial charge is 0.490 e. The molecule has 3 nitrogen and oxygen atoms in total. The predicted octanol–water partition coefficient (Wildman–Crippen LogP) is 1.47. The van der Waals surface area contributed by atoms with Crippen LogP contribution in [-0.2, 0) is 0 Å². The van der Waals surface area contributed by atoms with Gasteiger partial charge in [-0.15, -0.1) is 0 Å². The fourth-order valence-corrected chi connectivity index (χ4v) is 1.89. The monoisotopic (exact) mass is 221 g/mol. The SMILES string of the molecule is Cc1ccccc1OCC(O)(CN)C1CC1. The molecule has 1 aliphatic carbocycles. The molecule has 1 saturated carbocycles. The predicted molar refractivity (Wildman–Crippen MR) is 63.4 cm³/mol. The van der Waals surface area contributed by atoms with Gasteiger partial charge in [-0.1, -0.05) is 18.2 Å². The summed E-state index contributed by atoms with van der Waals surface area (Å²) < 4.78 is 5.66. The van der Waals surface area contributed by atoms with Gasteiger partial charge in [0.15, 0.2) is 0 Å². The van der Waals surface area contributed by atoms with Crippen LogP contribution in [0.15, 0.2) is 24.3 Å². The molecule has 1 aromatic rings. The summed E-state index contributed by atoms with van der Waals surface area (Å²) in [5.74, 6) is 1.15. The standard InChI is InChI=1S/C13H19NO2/c1-10-4-2-3-5-12(10)16-9-13(15,8-14)11-6-7-11/h2-5,11,15H,6-9,14H2,1H3. The summed E-state index contributed by atoms with van der Waals surface area (Å²) in [6.45, 7) is 2.55. The average Bonchev–Trinajstić information content (AvgIpc) is 3.12. The normalized spacial score (nSPS) is 19.2. The second-order valence-corrected chi connectivity index (χ2v) is 4.64. The molecule has 0 radical (unpaired) electrons. The fraction of sp³-hybridized carbons (Fsp3) is 0.538. The Morgan fingerprint density at radius 3 is 2.69 bits per heavy atom. The number of para-hydroxylation sites is 1. The van der Waals surface area contributed by atoms with Crippen molar-refractivity contribution in [2.75, 3.05) is 13.2 Å². The zero-order valence-electron chi connectivity index (χ0n) is 9.65. The molecule has 0 aromatic heterocycles. The van der Waals surface area contributed by atoms with E-state index in [1.54, 1.807) is 0 Å². The van der Waals surface area contributed by atoms with E-state index in [0.717, 1.165) is 24.2 Å². The van der Waals surface area contributed by atoms with Gasteiger partial charge < -0.3 is 15.6 Å². The summed E-state index contributed by atoms with van der Waals surface area (Å²) in [4.78, 5) is 0. The minimum Gasteiger partial charge on any atom is -0.490 e. The van der Waals surface area contributed by atoms with Crippen LogP contribution >= 0.6 is 0 Å². The highest BCUT2D eigenvalue weighted by Gasteiger charge is 2.43. The lowest BCUT2D eigenvalue weighted by Crippen LogP contribution is -2.45. The minimum absolute atomic E-state index is 0.267. The highest BCUT2D eigenvalue weighted by atomic mass is 16.5. The van der Waals surface area contributed by atoms with Crippen molar-refractivity contribution in [3.63, 3.8) is 0 Å². The second-order valence-electron chi connectivity index (χ2n) is 4.64. The van der Waals surface area contributed by atoms with Crippen LogP contribution in [0, 0.1) is 12.8 Å². The minimum atomic E-state index is -0.845. The Labute approximate surface area is 96.2 Å². The molecule has 1 aliphatic rings. The number of aliphatic hydroxyl groups is 1. The van der Waals surface area contributed by atoms with Gasteiger partial charge in [0, 0.05) is 6.54 Å². The van der Waals surface area contributed by atoms with Crippen molar-refractivity contribution in [2.45, 2.75) is 25.4 Å². The Morgan fingerprint density at radius 2 is 2.12 bits per heavy atom. The highest BCUT2D eigenvalue weighted by molar-refractivity contribution is 5.31. The molecule has 0 amide bonds. The second kappa shape index (κ2) is 4.44. The lowest BCUT2D eigenvalue weighted by molar-refractivity contribution is -0.0164. The van der Waals surface area contributed by atoms with Crippen LogP contribution in [0.2, 0.25) is 0 Å². The summed E-state index contributed by atoms with van der Waals surface area (Å²) in [6, 6.07) is 7.81. The van der Waals surface area contributed by atoms with E-state index >= 15 is 0 Å². The Hall–Kier alpha value is -1.06. The summed E-state index contributed by atoms with van der Waals surface area (Å²) >= 11 is 0. The molecule has 1 aromatic carbocycles. The zero-order chi connectivity index (χ0) is 11.6. The van der Waals surface area contributed by atoms with Crippen LogP contribution < -0.4 is 10.5 Å². The average molecular weight is 221 g/mol. The lowest BCUT2D eigenvalue weighted by Gasteiger charge is -2.26. The summed E-state index contributed by atoms with van der Waals surface area (Å²) in [7, 11) is 0. The van der Waals surface area contributed by atoms with Crippen molar-refractivity contribution >= 4 is 0 Å². The lowest BCUT2D eigenvalue weighted by atomic mass is 9.99. The molecule has 0 heterocycles. The Kier molecular flexibility index (Phi) is 3.17. The highest BCUT2D eigenvalue weighted by Crippen LogP contribution is 2.39. The Balaban J connectivity index is 1.98. The fourth-order valence-electron chi connectivity index (χ4n) is 1.89. The van der Waals surface area contributed by atoms with Gasteiger partial charge in [-0.3, -0.25) is 0 Å². The van der Waals surface area contributed by atoms with Gasteiger partial charge in [0.1, 0.15) is 18.0 Å². The quantitative estimate of drug-likeness (QED) is 0.791. The van der Waals surface area contributed by atoms with Crippen LogP contribution in [0.4, 0.5) is 0 Å². The first-order valence-corrected chi connectivity index (χ1v) is 5.76. The number of rotatable bonds is 5. The number of ether oxygens (including phenoxy) is 1. The van der Waals surface area contributed by atoms with E-state index in [-0.39, 0.29) is 6.54 Å². The van der Waals surface area contributed by atoms with Crippen LogP contribution in [0.3, 0.4) is 0 Å². The summed E-state index contributed by atoms with van der Waals surface area (Å²) in [6.07, 6.45) is 2.12. The van der Waals surface area contributed by atoms with E-state index in [1.165, 1.54) is 0 Å². The maximum Gasteiger partial charge on any atom is 0.122 e. The molecule has 1 atom stereocenters. The first kappa shape index (κ1) is 11.4. The van der Waals surface area contributed by atoms with E-state index in [4.69, 9.17) is 10.5 Å². The Bertz CT molecular complexity index is 363. The number of hydrogen-bond donors (Lipinski definition) is 2. The summed E-state index contributed by atoms with van der Waals surface area (Å²) in [5, 5.41) is 10.3. The van der Waals surface area contributed by atoms with Crippen molar-refractivity contribution in [3.8, 4) is 5.75 Å². The maximum atomic E-state index is 10.3. The van der Waals surface area contributed by atoms with Crippen molar-refractivity contribution in [1.29, 1.82) is 0 Å². The van der Waals surface area contributed by atoms with E-state index in [9.17, 15) is 5.11 Å². The number of aryl methyl sites for hydroxylation is 1. The van der Waals surface area contributed by atoms with Crippen LogP contribution in [0.5, 0.6) is 5.75 Å². The Morgan fingerprint density at radius 1 is 1.44 bits per heavy atom. The van der Waals surface area contributed by atoms with Gasteiger partial charge in [-0.2, -0.15) is 0 Å². The first-order valence-electron chi connectivity index (χ1n) is 5.76. The number of hydrogen-bond acceptors (Lipinski definition) is 3. The van der Waals surface area contributed by atoms with Gasteiger partial charge in [-0.25, -0.2) is 0 Å². The molecule has 1 unspecified atom stereocenters. The molecule has 88 valence electrons. The maximum absolute atomic E-state index is 10.3. The van der Waals surface area contributed by atoms with Gasteiger partial charge in [-0.05, 0) is 37.3 Å². The van der Waals surface area contributed by atoms with Gasteiger partial charge >= 0.3 is 0 Å². The molecule has 0 aliphatic heterocycles. The molecule has 0 saturated heterocycles. The van der Waals surface area contributed by atoms with E-state index in [0.29, 0.717) is 12.5 Å². The molecular formula is C13H19NO2. The topological polar surface area (TPSA) is 55.5 Å². The number of nitrogens with two attached hydrogens (primary N) is 1. The third kappa shape index (κ3) is 2.36. The molecule has 16 heavy (non-hydrogen) atoms. The van der Waals surface area contributed by atoms with E-state index < -0.39 is 5.60 Å². The zero-order valence-corrected chi connectivity index (χ0v) is 9.65. The van der Waals surface area contributed by atoms with Crippen LogP contribution in [-0.4, -0.2) is 23.9 Å². The molecule has 2 rings (SSSR count). The van der Waals surface area contributed by atoms with Gasteiger partial charge in [0.05, 0.1) is 0 Å². The molecule has 3 N–H and O–H groups in total. The third-order valence-electron chi connectivity index (χ3n) is 3.26. The molecule has 1 fully saturated rings. The van der Waals surface area contributed by atoms with Crippen molar-refractivity contribution < 1.29 is 9.84 Å². The molecule has 0 spiro atoms. The smallest absolute Gasteiger partial charge is 0.122 e. The molecule has 0 bridgehead atoms. The first-order chi connectivity index (χ1) is 7.65.